The first-order valence-electron chi connectivity index (χ1n) is 4.86. The van der Waals surface area contributed by atoms with Gasteiger partial charge in [-0.2, -0.15) is 0 Å². The number of anilines is 1. The molecule has 14 heavy (non-hydrogen) atoms. The summed E-state index contributed by atoms with van der Waals surface area (Å²) in [6, 6.07) is 4.60. The van der Waals surface area contributed by atoms with Gasteiger partial charge in [-0.1, -0.05) is 0 Å². The summed E-state index contributed by atoms with van der Waals surface area (Å²) in [5.74, 6) is 0. The third kappa shape index (κ3) is 2.25. The second kappa shape index (κ2) is 4.28. The van der Waals surface area contributed by atoms with Gasteiger partial charge in [-0.25, -0.2) is 4.98 Å². The van der Waals surface area contributed by atoms with E-state index >= 15 is 0 Å². The van der Waals surface area contributed by atoms with Crippen LogP contribution in [0.3, 0.4) is 0 Å². The van der Waals surface area contributed by atoms with E-state index in [1.54, 1.807) is 0 Å². The molecule has 0 saturated carbocycles. The molecule has 2 N–H and O–H groups in total. The lowest BCUT2D eigenvalue weighted by Gasteiger charge is -2.14. The number of rotatable bonds is 2. The summed E-state index contributed by atoms with van der Waals surface area (Å²) in [6.07, 6.45) is 1.19. The molecule has 76 valence electrons. The van der Waals surface area contributed by atoms with Gasteiger partial charge in [0.25, 0.3) is 0 Å². The van der Waals surface area contributed by atoms with E-state index in [9.17, 15) is 0 Å². The highest BCUT2D eigenvalue weighted by Gasteiger charge is 2.14. The quantitative estimate of drug-likeness (QED) is 0.794. The molecule has 1 aromatic rings. The Kier molecular flexibility index (Phi) is 3.03. The van der Waals surface area contributed by atoms with Crippen LogP contribution in [0.15, 0.2) is 16.7 Å². The summed E-state index contributed by atoms with van der Waals surface area (Å²) in [6.45, 7) is 4.19. The van der Waals surface area contributed by atoms with Gasteiger partial charge in [0.05, 0.1) is 11.4 Å². The van der Waals surface area contributed by atoms with Gasteiger partial charge in [0.2, 0.25) is 0 Å². The number of halogens is 1. The Labute approximate surface area is 92.4 Å². The van der Waals surface area contributed by atoms with E-state index < -0.39 is 0 Å². The first kappa shape index (κ1) is 9.93. The fourth-order valence-corrected chi connectivity index (χ4v) is 2.08. The molecule has 0 aliphatic carbocycles. The summed E-state index contributed by atoms with van der Waals surface area (Å²) in [5.41, 5.74) is 2.19. The van der Waals surface area contributed by atoms with E-state index in [0.29, 0.717) is 6.04 Å². The number of hydrogen-bond acceptors (Lipinski definition) is 3. The van der Waals surface area contributed by atoms with Crippen LogP contribution >= 0.6 is 15.9 Å². The minimum absolute atomic E-state index is 0.552. The number of pyridine rings is 1. The first-order chi connectivity index (χ1) is 6.75. The van der Waals surface area contributed by atoms with E-state index in [1.807, 2.05) is 13.0 Å². The van der Waals surface area contributed by atoms with Crippen molar-refractivity contribution >= 4 is 21.6 Å². The van der Waals surface area contributed by atoms with Crippen molar-refractivity contribution in [1.29, 1.82) is 0 Å². The topological polar surface area (TPSA) is 37.0 Å². The molecule has 2 rings (SSSR count). The molecule has 1 atom stereocenters. The van der Waals surface area contributed by atoms with Gasteiger partial charge in [-0.15, -0.1) is 0 Å². The molecule has 1 aliphatic heterocycles. The Bertz CT molecular complexity index is 321. The molecule has 0 aromatic carbocycles. The van der Waals surface area contributed by atoms with E-state index in [0.717, 1.165) is 29.1 Å². The van der Waals surface area contributed by atoms with Gasteiger partial charge >= 0.3 is 0 Å². The van der Waals surface area contributed by atoms with Crippen LogP contribution in [0.25, 0.3) is 0 Å². The lowest BCUT2D eigenvalue weighted by Crippen LogP contribution is -2.22. The molecule has 1 aromatic heterocycles. The van der Waals surface area contributed by atoms with Crippen molar-refractivity contribution in [2.24, 2.45) is 0 Å². The largest absolute Gasteiger partial charge is 0.380 e. The van der Waals surface area contributed by atoms with Crippen LogP contribution in [0.1, 0.15) is 12.1 Å². The third-order valence-electron chi connectivity index (χ3n) is 2.47. The molecular weight excluding hydrogens is 242 g/mol. The Hall–Kier alpha value is -0.610. The van der Waals surface area contributed by atoms with E-state index in [2.05, 4.69) is 37.6 Å². The number of aryl methyl sites for hydroxylation is 1. The molecule has 2 heterocycles. The lowest BCUT2D eigenvalue weighted by atomic mass is 10.2. The zero-order valence-electron chi connectivity index (χ0n) is 8.18. The summed E-state index contributed by atoms with van der Waals surface area (Å²) in [7, 11) is 0. The Balaban J connectivity index is 2.08. The fraction of sp³-hybridized carbons (Fsp3) is 0.500. The van der Waals surface area contributed by atoms with E-state index in [1.165, 1.54) is 6.42 Å². The molecule has 4 heteroatoms. The average Bonchev–Trinajstić information content (AvgIpc) is 2.62. The van der Waals surface area contributed by atoms with Crippen molar-refractivity contribution in [3.05, 3.63) is 22.4 Å². The predicted molar refractivity (Wildman–Crippen MR) is 61.6 cm³/mol. The van der Waals surface area contributed by atoms with Crippen molar-refractivity contribution in [2.45, 2.75) is 19.4 Å². The second-order valence-electron chi connectivity index (χ2n) is 3.60. The first-order valence-corrected chi connectivity index (χ1v) is 5.65. The molecule has 0 bridgehead atoms. The van der Waals surface area contributed by atoms with Gasteiger partial charge < -0.3 is 10.6 Å². The molecule has 0 amide bonds. The molecule has 1 saturated heterocycles. The van der Waals surface area contributed by atoms with Gasteiger partial charge in [-0.3, -0.25) is 0 Å². The molecular formula is C10H14BrN3. The molecule has 1 fully saturated rings. The minimum atomic E-state index is 0.552. The van der Waals surface area contributed by atoms with Crippen molar-refractivity contribution < 1.29 is 0 Å². The number of aromatic nitrogens is 1. The molecule has 1 unspecified atom stereocenters. The van der Waals surface area contributed by atoms with Crippen molar-refractivity contribution in [3.63, 3.8) is 0 Å². The van der Waals surface area contributed by atoms with Crippen LogP contribution in [0.2, 0.25) is 0 Å². The number of nitrogens with zero attached hydrogens (tertiary/aromatic N) is 1. The molecule has 0 spiro atoms. The highest BCUT2D eigenvalue weighted by molar-refractivity contribution is 9.10. The highest BCUT2D eigenvalue weighted by atomic mass is 79.9. The number of nitrogens with one attached hydrogen (secondary N) is 2. The van der Waals surface area contributed by atoms with Crippen LogP contribution < -0.4 is 10.6 Å². The standard InChI is InChI=1S/C10H14BrN3/c1-7-9(2-3-10(11)13-7)14-8-4-5-12-6-8/h2-3,8,12,14H,4-6H2,1H3. The van der Waals surface area contributed by atoms with Crippen molar-refractivity contribution in [2.75, 3.05) is 18.4 Å². The fourth-order valence-electron chi connectivity index (χ4n) is 1.68. The summed E-state index contributed by atoms with van der Waals surface area (Å²) >= 11 is 3.36. The maximum absolute atomic E-state index is 4.35. The zero-order valence-corrected chi connectivity index (χ0v) is 9.76. The Morgan fingerprint density at radius 3 is 3.07 bits per heavy atom. The van der Waals surface area contributed by atoms with Crippen LogP contribution in [0.4, 0.5) is 5.69 Å². The van der Waals surface area contributed by atoms with Crippen LogP contribution in [0, 0.1) is 6.92 Å². The van der Waals surface area contributed by atoms with Gasteiger partial charge in [0.1, 0.15) is 4.60 Å². The second-order valence-corrected chi connectivity index (χ2v) is 4.41. The average molecular weight is 256 g/mol. The highest BCUT2D eigenvalue weighted by Crippen LogP contribution is 2.18. The molecule has 3 nitrogen and oxygen atoms in total. The van der Waals surface area contributed by atoms with Crippen LogP contribution in [-0.2, 0) is 0 Å². The van der Waals surface area contributed by atoms with Crippen LogP contribution in [-0.4, -0.2) is 24.1 Å². The summed E-state index contributed by atoms with van der Waals surface area (Å²) in [4.78, 5) is 4.35. The lowest BCUT2D eigenvalue weighted by molar-refractivity contribution is 0.790. The predicted octanol–water partition coefficient (Wildman–Crippen LogP) is 1.93. The van der Waals surface area contributed by atoms with Crippen molar-refractivity contribution in [1.82, 2.24) is 10.3 Å². The van der Waals surface area contributed by atoms with Gasteiger partial charge in [0.15, 0.2) is 0 Å². The maximum Gasteiger partial charge on any atom is 0.106 e. The number of hydrogen-bond donors (Lipinski definition) is 2. The van der Waals surface area contributed by atoms with Crippen molar-refractivity contribution in [3.8, 4) is 0 Å². The van der Waals surface area contributed by atoms with E-state index in [4.69, 9.17) is 0 Å². The zero-order chi connectivity index (χ0) is 9.97. The third-order valence-corrected chi connectivity index (χ3v) is 2.91. The minimum Gasteiger partial charge on any atom is -0.380 e. The molecule has 0 radical (unpaired) electrons. The summed E-state index contributed by atoms with van der Waals surface area (Å²) in [5, 5.41) is 6.82. The summed E-state index contributed by atoms with van der Waals surface area (Å²) < 4.78 is 0.894. The van der Waals surface area contributed by atoms with Gasteiger partial charge in [-0.05, 0) is 48.0 Å². The SMILES string of the molecule is Cc1nc(Br)ccc1NC1CCNC1. The maximum atomic E-state index is 4.35. The Morgan fingerprint density at radius 1 is 1.57 bits per heavy atom. The monoisotopic (exact) mass is 255 g/mol. The normalized spacial score (nSPS) is 21.1. The van der Waals surface area contributed by atoms with E-state index in [-0.39, 0.29) is 0 Å². The Morgan fingerprint density at radius 2 is 2.43 bits per heavy atom. The van der Waals surface area contributed by atoms with Crippen LogP contribution in [0.5, 0.6) is 0 Å². The molecule has 1 aliphatic rings. The smallest absolute Gasteiger partial charge is 0.106 e. The van der Waals surface area contributed by atoms with Gasteiger partial charge in [0, 0.05) is 12.6 Å².